The van der Waals surface area contributed by atoms with Crippen molar-refractivity contribution in [3.05, 3.63) is 59.5 Å². The summed E-state index contributed by atoms with van der Waals surface area (Å²) in [4.78, 5) is 0. The molecule has 1 atom stereocenters. The summed E-state index contributed by atoms with van der Waals surface area (Å²) in [6.07, 6.45) is 3.47. The Labute approximate surface area is 96.1 Å². The molecule has 0 spiro atoms. The highest BCUT2D eigenvalue weighted by molar-refractivity contribution is 5.25. The van der Waals surface area contributed by atoms with Gasteiger partial charge in [-0.25, -0.2) is 0 Å². The van der Waals surface area contributed by atoms with Gasteiger partial charge in [0.25, 0.3) is 0 Å². The van der Waals surface area contributed by atoms with Gasteiger partial charge in [-0.1, -0.05) is 37.3 Å². The molecular weight excluding hydrogens is 198 g/mol. The van der Waals surface area contributed by atoms with Crippen molar-refractivity contribution in [3.63, 3.8) is 0 Å². The third-order valence-electron chi connectivity index (χ3n) is 2.80. The van der Waals surface area contributed by atoms with E-state index in [0.717, 1.165) is 24.2 Å². The first-order chi connectivity index (χ1) is 7.81. The Balaban J connectivity index is 2.11. The van der Waals surface area contributed by atoms with Crippen LogP contribution in [0.3, 0.4) is 0 Å². The van der Waals surface area contributed by atoms with Crippen LogP contribution in [0, 0.1) is 0 Å². The zero-order chi connectivity index (χ0) is 11.4. The molecule has 0 saturated heterocycles. The summed E-state index contributed by atoms with van der Waals surface area (Å²) in [5.74, 6) is 1.00. The van der Waals surface area contributed by atoms with Crippen molar-refractivity contribution >= 4 is 0 Å². The molecule has 0 bridgehead atoms. The zero-order valence-electron chi connectivity index (χ0n) is 9.52. The fraction of sp³-hybridized carbons (Fsp3) is 0.286. The molecule has 0 aliphatic heterocycles. The maximum atomic E-state index is 6.19. The molecule has 1 aromatic heterocycles. The molecule has 16 heavy (non-hydrogen) atoms. The van der Waals surface area contributed by atoms with Crippen molar-refractivity contribution in [1.82, 2.24) is 0 Å². The van der Waals surface area contributed by atoms with E-state index >= 15 is 0 Å². The molecule has 1 aromatic carbocycles. The second-order valence-electron chi connectivity index (χ2n) is 3.95. The molecule has 0 aliphatic rings. The van der Waals surface area contributed by atoms with Gasteiger partial charge < -0.3 is 10.2 Å². The van der Waals surface area contributed by atoms with Crippen LogP contribution in [-0.4, -0.2) is 0 Å². The van der Waals surface area contributed by atoms with Crippen molar-refractivity contribution in [2.75, 3.05) is 0 Å². The van der Waals surface area contributed by atoms with Crippen LogP contribution in [-0.2, 0) is 12.8 Å². The highest BCUT2D eigenvalue weighted by Crippen LogP contribution is 2.21. The lowest BCUT2D eigenvalue weighted by atomic mass is 9.99. The van der Waals surface area contributed by atoms with E-state index in [-0.39, 0.29) is 6.04 Å². The van der Waals surface area contributed by atoms with Crippen molar-refractivity contribution in [1.29, 1.82) is 0 Å². The van der Waals surface area contributed by atoms with Gasteiger partial charge in [0, 0.05) is 18.0 Å². The number of rotatable bonds is 4. The number of hydrogen-bond acceptors (Lipinski definition) is 2. The van der Waals surface area contributed by atoms with Crippen molar-refractivity contribution < 1.29 is 4.42 Å². The van der Waals surface area contributed by atoms with Gasteiger partial charge in [0.1, 0.15) is 5.76 Å². The molecule has 0 saturated carbocycles. The molecule has 2 N–H and O–H groups in total. The van der Waals surface area contributed by atoms with E-state index in [0.29, 0.717) is 0 Å². The van der Waals surface area contributed by atoms with Gasteiger partial charge >= 0.3 is 0 Å². The third-order valence-corrected chi connectivity index (χ3v) is 2.80. The first kappa shape index (κ1) is 11.0. The minimum absolute atomic E-state index is 0.0242. The van der Waals surface area contributed by atoms with E-state index < -0.39 is 0 Å². The molecule has 0 radical (unpaired) electrons. The number of furan rings is 1. The molecule has 1 unspecified atom stereocenters. The highest BCUT2D eigenvalue weighted by Gasteiger charge is 2.13. The Morgan fingerprint density at radius 3 is 2.62 bits per heavy atom. The summed E-state index contributed by atoms with van der Waals surface area (Å²) in [6.45, 7) is 2.08. The fourth-order valence-corrected chi connectivity index (χ4v) is 1.95. The number of aryl methyl sites for hydroxylation is 1. The Morgan fingerprint density at radius 1 is 1.19 bits per heavy atom. The largest absolute Gasteiger partial charge is 0.469 e. The summed E-state index contributed by atoms with van der Waals surface area (Å²) in [7, 11) is 0. The molecule has 2 aromatic rings. The van der Waals surface area contributed by atoms with Crippen molar-refractivity contribution in [2.24, 2.45) is 5.73 Å². The van der Waals surface area contributed by atoms with Crippen LogP contribution in [0.25, 0.3) is 0 Å². The Morgan fingerprint density at radius 2 is 1.94 bits per heavy atom. The second kappa shape index (κ2) is 4.99. The average molecular weight is 215 g/mol. The van der Waals surface area contributed by atoms with Crippen LogP contribution in [0.1, 0.15) is 29.9 Å². The summed E-state index contributed by atoms with van der Waals surface area (Å²) in [5, 5.41) is 0. The first-order valence-electron chi connectivity index (χ1n) is 5.67. The van der Waals surface area contributed by atoms with Crippen LogP contribution < -0.4 is 5.73 Å². The van der Waals surface area contributed by atoms with Gasteiger partial charge in [-0.3, -0.25) is 0 Å². The maximum absolute atomic E-state index is 6.19. The minimum Gasteiger partial charge on any atom is -0.469 e. The van der Waals surface area contributed by atoms with Crippen molar-refractivity contribution in [2.45, 2.75) is 25.8 Å². The molecule has 2 rings (SSSR count). The molecule has 1 heterocycles. The predicted molar refractivity (Wildman–Crippen MR) is 65.2 cm³/mol. The summed E-state index contributed by atoms with van der Waals surface area (Å²) >= 11 is 0. The lowest BCUT2D eigenvalue weighted by molar-refractivity contribution is 0.505. The van der Waals surface area contributed by atoms with E-state index in [1.54, 1.807) is 6.26 Å². The van der Waals surface area contributed by atoms with Gasteiger partial charge in [-0.15, -0.1) is 0 Å². The fourth-order valence-electron chi connectivity index (χ4n) is 1.95. The number of hydrogen-bond donors (Lipinski definition) is 1. The Kier molecular flexibility index (Phi) is 3.42. The summed E-state index contributed by atoms with van der Waals surface area (Å²) in [6, 6.07) is 12.3. The van der Waals surface area contributed by atoms with Gasteiger partial charge in [0.05, 0.1) is 6.26 Å². The van der Waals surface area contributed by atoms with Gasteiger partial charge in [-0.2, -0.15) is 0 Å². The molecule has 0 aliphatic carbocycles. The molecular formula is C14H17NO. The van der Waals surface area contributed by atoms with Gasteiger partial charge in [-0.05, 0) is 18.1 Å². The Hall–Kier alpha value is -1.54. The first-order valence-corrected chi connectivity index (χ1v) is 5.67. The topological polar surface area (TPSA) is 39.2 Å². The quantitative estimate of drug-likeness (QED) is 0.851. The lowest BCUT2D eigenvalue weighted by Crippen LogP contribution is -2.14. The monoisotopic (exact) mass is 215 g/mol. The predicted octanol–water partition coefficient (Wildman–Crippen LogP) is 3.08. The molecule has 2 nitrogen and oxygen atoms in total. The van der Waals surface area contributed by atoms with E-state index in [4.69, 9.17) is 10.2 Å². The normalized spacial score (nSPS) is 12.6. The van der Waals surface area contributed by atoms with Gasteiger partial charge in [0.2, 0.25) is 0 Å². The van der Waals surface area contributed by atoms with Crippen LogP contribution in [0.4, 0.5) is 0 Å². The van der Waals surface area contributed by atoms with Crippen molar-refractivity contribution in [3.8, 4) is 0 Å². The second-order valence-corrected chi connectivity index (χ2v) is 3.95. The van der Waals surface area contributed by atoms with E-state index in [2.05, 4.69) is 19.1 Å². The van der Waals surface area contributed by atoms with Crippen LogP contribution in [0.15, 0.2) is 47.1 Å². The molecule has 84 valence electrons. The van der Waals surface area contributed by atoms with E-state index in [1.165, 1.54) is 5.56 Å². The highest BCUT2D eigenvalue weighted by atomic mass is 16.3. The number of nitrogens with two attached hydrogens (primary N) is 1. The maximum Gasteiger partial charge on any atom is 0.108 e. The van der Waals surface area contributed by atoms with Crippen LogP contribution >= 0.6 is 0 Å². The van der Waals surface area contributed by atoms with E-state index in [9.17, 15) is 0 Å². The standard InChI is InChI=1S/C14H17NO/c1-2-14-12(8-9-16-14)13(15)10-11-6-4-3-5-7-11/h3-9,13H,2,10,15H2,1H3. The third kappa shape index (κ3) is 2.34. The summed E-state index contributed by atoms with van der Waals surface area (Å²) in [5.41, 5.74) is 8.58. The molecule has 0 amide bonds. The SMILES string of the molecule is CCc1occc1C(N)Cc1ccccc1. The zero-order valence-corrected chi connectivity index (χ0v) is 9.52. The lowest BCUT2D eigenvalue weighted by Gasteiger charge is -2.11. The minimum atomic E-state index is 0.0242. The van der Waals surface area contributed by atoms with Crippen LogP contribution in [0.5, 0.6) is 0 Å². The van der Waals surface area contributed by atoms with Crippen LogP contribution in [0.2, 0.25) is 0 Å². The van der Waals surface area contributed by atoms with E-state index in [1.807, 2.05) is 24.3 Å². The Bertz CT molecular complexity index is 433. The molecule has 0 fully saturated rings. The van der Waals surface area contributed by atoms with Gasteiger partial charge in [0.15, 0.2) is 0 Å². The summed E-state index contributed by atoms with van der Waals surface area (Å²) < 4.78 is 5.39. The average Bonchev–Trinajstić information content (AvgIpc) is 2.78. The number of benzene rings is 1. The molecule has 2 heteroatoms. The smallest absolute Gasteiger partial charge is 0.108 e.